The molecule has 2 saturated heterocycles. The summed E-state index contributed by atoms with van der Waals surface area (Å²) in [4.78, 5) is 42.7. The van der Waals surface area contributed by atoms with Crippen molar-refractivity contribution in [2.24, 2.45) is 5.92 Å². The van der Waals surface area contributed by atoms with Gasteiger partial charge in [0.25, 0.3) is 5.91 Å². The van der Waals surface area contributed by atoms with Crippen LogP contribution in [0.25, 0.3) is 0 Å². The topological polar surface area (TPSA) is 83.6 Å². The number of piperidine rings is 1. The van der Waals surface area contributed by atoms with Gasteiger partial charge in [-0.25, -0.2) is 4.79 Å². The Bertz CT molecular complexity index is 1210. The maximum Gasteiger partial charge on any atom is 0.320 e. The molecule has 3 aliphatic rings. The number of benzene rings is 2. The standard InChI is InChI=1S/C33H46N4O5.ClH/c1-4-30(5-2)37(22-25-11-13-35(14-12-25)33(39)36-15-17-40-18-16-36)24(3)19-26-7-6-8-29(20-26)34-32(38)27-9-10-31-28(21-27)23-41-42-31;/h6-10,20-21,24-25,30H,4-5,11-19,22-23H2,1-3H3,(H,34,38);1H. The van der Waals surface area contributed by atoms with E-state index in [1.165, 1.54) is 5.56 Å². The Kier molecular flexibility index (Phi) is 12.1. The van der Waals surface area contributed by atoms with Gasteiger partial charge in [0.2, 0.25) is 0 Å². The minimum absolute atomic E-state index is 0. The summed E-state index contributed by atoms with van der Waals surface area (Å²) in [7, 11) is 0. The van der Waals surface area contributed by atoms with Crippen LogP contribution in [-0.4, -0.2) is 84.7 Å². The van der Waals surface area contributed by atoms with E-state index in [1.54, 1.807) is 12.1 Å². The number of halogens is 1. The zero-order chi connectivity index (χ0) is 29.5. The summed E-state index contributed by atoms with van der Waals surface area (Å²) in [6.45, 7) is 12.6. The lowest BCUT2D eigenvalue weighted by molar-refractivity contribution is -0.194. The molecule has 0 aromatic heterocycles. The first-order valence-corrected chi connectivity index (χ1v) is 15.6. The fraction of sp³-hybridized carbons (Fsp3) is 0.576. The lowest BCUT2D eigenvalue weighted by Crippen LogP contribution is -2.52. The van der Waals surface area contributed by atoms with Gasteiger partial charge >= 0.3 is 6.03 Å². The Morgan fingerprint density at radius 3 is 2.44 bits per heavy atom. The van der Waals surface area contributed by atoms with Gasteiger partial charge < -0.3 is 24.7 Å². The number of nitrogens with zero attached hydrogens (tertiary/aromatic N) is 3. The molecule has 2 aromatic carbocycles. The number of carbonyl (C=O) groups excluding carboxylic acids is 2. The predicted molar refractivity (Wildman–Crippen MR) is 170 cm³/mol. The van der Waals surface area contributed by atoms with E-state index in [4.69, 9.17) is 14.5 Å². The number of anilines is 1. The molecule has 0 aliphatic carbocycles. The van der Waals surface area contributed by atoms with Gasteiger partial charge in [-0.3, -0.25) is 9.69 Å². The van der Waals surface area contributed by atoms with Crippen LogP contribution >= 0.6 is 12.4 Å². The highest BCUT2D eigenvalue weighted by Crippen LogP contribution is 2.28. The van der Waals surface area contributed by atoms with Crippen molar-refractivity contribution in [1.82, 2.24) is 14.7 Å². The highest BCUT2D eigenvalue weighted by atomic mass is 35.5. The Morgan fingerprint density at radius 1 is 1.00 bits per heavy atom. The van der Waals surface area contributed by atoms with Gasteiger partial charge in [-0.1, -0.05) is 26.0 Å². The molecule has 3 aliphatic heterocycles. The maximum atomic E-state index is 13.0. The van der Waals surface area contributed by atoms with Crippen LogP contribution < -0.4 is 10.2 Å². The van der Waals surface area contributed by atoms with Crippen molar-refractivity contribution in [3.63, 3.8) is 0 Å². The fourth-order valence-corrected chi connectivity index (χ4v) is 6.52. The Morgan fingerprint density at radius 2 is 1.72 bits per heavy atom. The third-order valence-corrected chi connectivity index (χ3v) is 9.02. The van der Waals surface area contributed by atoms with Crippen molar-refractivity contribution in [3.05, 3.63) is 59.2 Å². The maximum absolute atomic E-state index is 13.0. The number of rotatable bonds is 10. The van der Waals surface area contributed by atoms with Crippen LogP contribution in [0.1, 0.15) is 67.9 Å². The molecule has 1 unspecified atom stereocenters. The number of fused-ring (bicyclic) bond motifs is 1. The summed E-state index contributed by atoms with van der Waals surface area (Å²) in [5, 5.41) is 3.06. The summed E-state index contributed by atoms with van der Waals surface area (Å²) in [6, 6.07) is 14.6. The zero-order valence-electron chi connectivity index (χ0n) is 25.8. The average Bonchev–Trinajstić information content (AvgIpc) is 3.50. The first-order chi connectivity index (χ1) is 20.4. The van der Waals surface area contributed by atoms with Gasteiger partial charge in [0.05, 0.1) is 13.2 Å². The highest BCUT2D eigenvalue weighted by Gasteiger charge is 2.30. The molecule has 9 nitrogen and oxygen atoms in total. The number of urea groups is 1. The smallest absolute Gasteiger partial charge is 0.320 e. The lowest BCUT2D eigenvalue weighted by atomic mass is 9.93. The van der Waals surface area contributed by atoms with Crippen molar-refractivity contribution >= 4 is 30.0 Å². The summed E-state index contributed by atoms with van der Waals surface area (Å²) < 4.78 is 5.42. The molecule has 2 fully saturated rings. The van der Waals surface area contributed by atoms with Gasteiger partial charge in [-0.05, 0) is 80.8 Å². The second-order valence-electron chi connectivity index (χ2n) is 11.9. The van der Waals surface area contributed by atoms with Crippen LogP contribution in [0.3, 0.4) is 0 Å². The highest BCUT2D eigenvalue weighted by molar-refractivity contribution is 6.04. The summed E-state index contributed by atoms with van der Waals surface area (Å²) in [5.74, 6) is 1.10. The van der Waals surface area contributed by atoms with Crippen LogP contribution in [-0.2, 0) is 22.7 Å². The van der Waals surface area contributed by atoms with Gasteiger partial charge in [0.1, 0.15) is 6.61 Å². The second-order valence-corrected chi connectivity index (χ2v) is 11.9. The van der Waals surface area contributed by atoms with Crippen molar-refractivity contribution in [3.8, 4) is 5.75 Å². The van der Waals surface area contributed by atoms with E-state index < -0.39 is 0 Å². The number of ether oxygens (including phenoxy) is 1. The van der Waals surface area contributed by atoms with Gasteiger partial charge in [-0.15, -0.1) is 12.4 Å². The number of amides is 3. The Balaban J connectivity index is 0.00000423. The minimum atomic E-state index is -0.146. The van der Waals surface area contributed by atoms with E-state index in [0.29, 0.717) is 62.2 Å². The summed E-state index contributed by atoms with van der Waals surface area (Å²) in [5.41, 5.74) is 3.46. The number of carbonyl (C=O) groups is 2. The molecular weight excluding hydrogens is 568 g/mol. The molecule has 1 N–H and O–H groups in total. The summed E-state index contributed by atoms with van der Waals surface area (Å²) >= 11 is 0. The fourth-order valence-electron chi connectivity index (χ4n) is 6.52. The van der Waals surface area contributed by atoms with E-state index in [-0.39, 0.29) is 24.3 Å². The molecular formula is C33H47ClN4O5. The molecule has 10 heteroatoms. The number of morpholine rings is 1. The normalized spacial score (nSPS) is 17.8. The number of hydrogen-bond donors (Lipinski definition) is 1. The third kappa shape index (κ3) is 8.41. The monoisotopic (exact) mass is 614 g/mol. The van der Waals surface area contributed by atoms with Crippen LogP contribution in [0.4, 0.5) is 10.5 Å². The number of hydrogen-bond acceptors (Lipinski definition) is 6. The van der Waals surface area contributed by atoms with E-state index in [2.05, 4.69) is 43.1 Å². The molecule has 0 spiro atoms. The van der Waals surface area contributed by atoms with Crippen molar-refractivity contribution in [2.75, 3.05) is 51.3 Å². The molecule has 0 radical (unpaired) electrons. The second kappa shape index (κ2) is 15.7. The first-order valence-electron chi connectivity index (χ1n) is 15.6. The van der Waals surface area contributed by atoms with Crippen molar-refractivity contribution < 1.29 is 24.1 Å². The molecule has 2 aromatic rings. The predicted octanol–water partition coefficient (Wildman–Crippen LogP) is 5.77. The molecule has 5 rings (SSSR count). The Labute approximate surface area is 262 Å². The molecule has 3 heterocycles. The molecule has 0 saturated carbocycles. The number of likely N-dealkylation sites (tertiary alicyclic amines) is 1. The first kappa shape index (κ1) is 33.1. The minimum Gasteiger partial charge on any atom is -0.378 e. The molecule has 1 atom stereocenters. The van der Waals surface area contributed by atoms with E-state index in [9.17, 15) is 9.59 Å². The quantitative estimate of drug-likeness (QED) is 0.342. The van der Waals surface area contributed by atoms with Crippen LogP contribution in [0.5, 0.6) is 5.75 Å². The number of nitrogens with one attached hydrogen (secondary N) is 1. The van der Waals surface area contributed by atoms with Crippen LogP contribution in [0.2, 0.25) is 0 Å². The van der Waals surface area contributed by atoms with Gasteiger partial charge in [0.15, 0.2) is 5.75 Å². The molecule has 3 amide bonds. The van der Waals surface area contributed by atoms with Gasteiger partial charge in [-0.2, -0.15) is 4.89 Å². The zero-order valence-corrected chi connectivity index (χ0v) is 26.6. The van der Waals surface area contributed by atoms with Crippen LogP contribution in [0.15, 0.2) is 42.5 Å². The third-order valence-electron chi connectivity index (χ3n) is 9.02. The van der Waals surface area contributed by atoms with Gasteiger partial charge in [0, 0.05) is 61.6 Å². The molecule has 43 heavy (non-hydrogen) atoms. The van der Waals surface area contributed by atoms with E-state index in [1.807, 2.05) is 28.0 Å². The molecule has 236 valence electrons. The SMILES string of the molecule is CCC(CC)N(CC1CCN(C(=O)N2CCOCC2)CC1)C(C)Cc1cccc(NC(=O)c2ccc3c(c2)COO3)c1.Cl. The Hall–Kier alpha value is -2.85. The largest absolute Gasteiger partial charge is 0.378 e. The van der Waals surface area contributed by atoms with E-state index in [0.717, 1.165) is 63.0 Å². The molecule has 0 bridgehead atoms. The van der Waals surface area contributed by atoms with Crippen LogP contribution in [0, 0.1) is 5.92 Å². The van der Waals surface area contributed by atoms with Crippen molar-refractivity contribution in [2.45, 2.75) is 71.6 Å². The van der Waals surface area contributed by atoms with Crippen molar-refractivity contribution in [1.29, 1.82) is 0 Å². The average molecular weight is 615 g/mol. The van der Waals surface area contributed by atoms with E-state index >= 15 is 0 Å². The summed E-state index contributed by atoms with van der Waals surface area (Å²) in [6.07, 6.45) is 5.22. The lowest BCUT2D eigenvalue weighted by Gasteiger charge is -2.42.